The molecule has 0 aliphatic rings. The molecule has 0 spiro atoms. The first-order valence-electron chi connectivity index (χ1n) is 3.85. The summed E-state index contributed by atoms with van der Waals surface area (Å²) in [6, 6.07) is 0. The highest BCUT2D eigenvalue weighted by Gasteiger charge is 2.09. The molecule has 1 atom stereocenters. The SMILES string of the molecule is CCN(CC)C(O)CNC=O. The van der Waals surface area contributed by atoms with Gasteiger partial charge < -0.3 is 10.4 Å². The molecule has 0 fully saturated rings. The minimum atomic E-state index is -0.560. The summed E-state index contributed by atoms with van der Waals surface area (Å²) in [5, 5.41) is 11.8. The third kappa shape index (κ3) is 3.95. The Kier molecular flexibility index (Phi) is 5.78. The first kappa shape index (κ1) is 10.4. The highest BCUT2D eigenvalue weighted by atomic mass is 16.3. The maximum absolute atomic E-state index is 9.87. The molecule has 4 nitrogen and oxygen atoms in total. The molecule has 0 saturated carbocycles. The number of likely N-dealkylation sites (N-methyl/N-ethyl adjacent to an activating group) is 1. The summed E-state index contributed by atoms with van der Waals surface area (Å²) in [6.45, 7) is 5.81. The fourth-order valence-electron chi connectivity index (χ4n) is 0.928. The lowest BCUT2D eigenvalue weighted by Gasteiger charge is -2.24. The molecular weight excluding hydrogens is 144 g/mol. The van der Waals surface area contributed by atoms with Gasteiger partial charge in [-0.2, -0.15) is 0 Å². The Balaban J connectivity index is 3.59. The number of amides is 1. The number of carbonyl (C=O) groups excluding carboxylic acids is 1. The molecule has 0 heterocycles. The monoisotopic (exact) mass is 160 g/mol. The van der Waals surface area contributed by atoms with Crippen molar-refractivity contribution >= 4 is 6.41 Å². The van der Waals surface area contributed by atoms with E-state index < -0.39 is 6.23 Å². The lowest BCUT2D eigenvalue weighted by Crippen LogP contribution is -2.41. The van der Waals surface area contributed by atoms with Crippen LogP contribution < -0.4 is 5.32 Å². The van der Waals surface area contributed by atoms with Crippen molar-refractivity contribution in [3.8, 4) is 0 Å². The van der Waals surface area contributed by atoms with E-state index in [1.807, 2.05) is 18.7 Å². The molecule has 0 aromatic carbocycles. The predicted molar refractivity (Wildman–Crippen MR) is 43.0 cm³/mol. The van der Waals surface area contributed by atoms with Crippen molar-refractivity contribution in [2.45, 2.75) is 20.1 Å². The number of aliphatic hydroxyl groups excluding tert-OH is 1. The molecule has 2 N–H and O–H groups in total. The molecule has 0 radical (unpaired) electrons. The van der Waals surface area contributed by atoms with E-state index in [2.05, 4.69) is 5.32 Å². The molecule has 0 saturated heterocycles. The third-order valence-electron chi connectivity index (χ3n) is 1.62. The van der Waals surface area contributed by atoms with E-state index >= 15 is 0 Å². The second-order valence-corrected chi connectivity index (χ2v) is 2.23. The summed E-state index contributed by atoms with van der Waals surface area (Å²) in [5.41, 5.74) is 0. The molecule has 0 aliphatic carbocycles. The van der Waals surface area contributed by atoms with Gasteiger partial charge in [0.25, 0.3) is 0 Å². The Hall–Kier alpha value is -0.610. The fraction of sp³-hybridized carbons (Fsp3) is 0.857. The topological polar surface area (TPSA) is 52.6 Å². The molecule has 11 heavy (non-hydrogen) atoms. The van der Waals surface area contributed by atoms with E-state index in [9.17, 15) is 9.90 Å². The van der Waals surface area contributed by atoms with Gasteiger partial charge in [-0.1, -0.05) is 13.8 Å². The molecule has 4 heteroatoms. The van der Waals surface area contributed by atoms with Gasteiger partial charge in [0.15, 0.2) is 0 Å². The molecule has 1 unspecified atom stereocenters. The lowest BCUT2D eigenvalue weighted by molar-refractivity contribution is -0.110. The summed E-state index contributed by atoms with van der Waals surface area (Å²) in [6.07, 6.45) is 0.0300. The van der Waals surface area contributed by atoms with Crippen molar-refractivity contribution in [3.05, 3.63) is 0 Å². The Morgan fingerprint density at radius 3 is 2.45 bits per heavy atom. The minimum Gasteiger partial charge on any atom is -0.377 e. The highest BCUT2D eigenvalue weighted by Crippen LogP contribution is 1.92. The Morgan fingerprint density at radius 2 is 2.09 bits per heavy atom. The zero-order valence-corrected chi connectivity index (χ0v) is 7.08. The average molecular weight is 160 g/mol. The van der Waals surface area contributed by atoms with Gasteiger partial charge in [-0.3, -0.25) is 9.69 Å². The standard InChI is InChI=1S/C7H16N2O2/c1-3-9(4-2)7(11)5-8-6-10/h6-7,11H,3-5H2,1-2H3,(H,8,10). The van der Waals surface area contributed by atoms with Gasteiger partial charge in [-0.25, -0.2) is 0 Å². The summed E-state index contributed by atoms with van der Waals surface area (Å²) in [5.74, 6) is 0. The van der Waals surface area contributed by atoms with Gasteiger partial charge in [0, 0.05) is 0 Å². The van der Waals surface area contributed by atoms with Crippen LogP contribution in [0.4, 0.5) is 0 Å². The van der Waals surface area contributed by atoms with Crippen LogP contribution in [0.1, 0.15) is 13.8 Å². The van der Waals surface area contributed by atoms with E-state index in [4.69, 9.17) is 0 Å². The van der Waals surface area contributed by atoms with Gasteiger partial charge in [0.2, 0.25) is 6.41 Å². The number of aliphatic hydroxyl groups is 1. The largest absolute Gasteiger partial charge is 0.377 e. The predicted octanol–water partition coefficient (Wildman–Crippen LogP) is -0.607. The summed E-state index contributed by atoms with van der Waals surface area (Å²) in [4.78, 5) is 11.7. The zero-order chi connectivity index (χ0) is 8.69. The van der Waals surface area contributed by atoms with Gasteiger partial charge in [-0.15, -0.1) is 0 Å². The van der Waals surface area contributed by atoms with Crippen LogP contribution in [0.15, 0.2) is 0 Å². The molecule has 0 aliphatic heterocycles. The van der Waals surface area contributed by atoms with Crippen LogP contribution in [0.25, 0.3) is 0 Å². The number of rotatable bonds is 6. The van der Waals surface area contributed by atoms with Crippen LogP contribution in [0.2, 0.25) is 0 Å². The number of carbonyl (C=O) groups is 1. The molecular formula is C7H16N2O2. The van der Waals surface area contributed by atoms with E-state index in [0.29, 0.717) is 13.0 Å². The average Bonchev–Trinajstić information content (AvgIpc) is 2.03. The number of nitrogens with zero attached hydrogens (tertiary/aromatic N) is 1. The molecule has 0 aromatic heterocycles. The number of hydrogen-bond acceptors (Lipinski definition) is 3. The quantitative estimate of drug-likeness (QED) is 0.402. The van der Waals surface area contributed by atoms with Gasteiger partial charge >= 0.3 is 0 Å². The smallest absolute Gasteiger partial charge is 0.207 e. The first-order chi connectivity index (χ1) is 5.26. The van der Waals surface area contributed by atoms with Crippen molar-refractivity contribution in [1.82, 2.24) is 10.2 Å². The highest BCUT2D eigenvalue weighted by molar-refractivity contribution is 5.45. The van der Waals surface area contributed by atoms with E-state index in [-0.39, 0.29) is 0 Å². The summed E-state index contributed by atoms with van der Waals surface area (Å²) >= 11 is 0. The number of nitrogens with one attached hydrogen (secondary N) is 1. The van der Waals surface area contributed by atoms with Gasteiger partial charge in [0.1, 0.15) is 6.23 Å². The minimum absolute atomic E-state index is 0.297. The van der Waals surface area contributed by atoms with Crippen LogP contribution >= 0.6 is 0 Å². The van der Waals surface area contributed by atoms with E-state index in [0.717, 1.165) is 13.1 Å². The first-order valence-corrected chi connectivity index (χ1v) is 3.85. The summed E-state index contributed by atoms with van der Waals surface area (Å²) < 4.78 is 0. The second-order valence-electron chi connectivity index (χ2n) is 2.23. The Morgan fingerprint density at radius 1 is 1.55 bits per heavy atom. The maximum Gasteiger partial charge on any atom is 0.207 e. The molecule has 0 aromatic rings. The van der Waals surface area contributed by atoms with Crippen molar-refractivity contribution in [1.29, 1.82) is 0 Å². The molecule has 0 rings (SSSR count). The molecule has 66 valence electrons. The van der Waals surface area contributed by atoms with Crippen molar-refractivity contribution < 1.29 is 9.90 Å². The lowest BCUT2D eigenvalue weighted by atomic mass is 10.4. The molecule has 1 amide bonds. The second kappa shape index (κ2) is 6.12. The van der Waals surface area contributed by atoms with E-state index in [1.54, 1.807) is 0 Å². The fourth-order valence-corrected chi connectivity index (χ4v) is 0.928. The van der Waals surface area contributed by atoms with Crippen LogP contribution in [-0.2, 0) is 4.79 Å². The normalized spacial score (nSPS) is 13.1. The Labute approximate surface area is 67.2 Å². The number of hydrogen-bond donors (Lipinski definition) is 2. The van der Waals surface area contributed by atoms with Crippen molar-refractivity contribution in [2.75, 3.05) is 19.6 Å². The van der Waals surface area contributed by atoms with Crippen LogP contribution in [0.5, 0.6) is 0 Å². The Bertz CT molecular complexity index is 105. The van der Waals surface area contributed by atoms with Crippen molar-refractivity contribution in [3.63, 3.8) is 0 Å². The maximum atomic E-state index is 9.87. The van der Waals surface area contributed by atoms with Crippen LogP contribution in [-0.4, -0.2) is 42.3 Å². The van der Waals surface area contributed by atoms with Gasteiger partial charge in [0.05, 0.1) is 6.54 Å². The van der Waals surface area contributed by atoms with E-state index in [1.165, 1.54) is 0 Å². The van der Waals surface area contributed by atoms with Crippen molar-refractivity contribution in [2.24, 2.45) is 0 Å². The van der Waals surface area contributed by atoms with Crippen LogP contribution in [0, 0.1) is 0 Å². The third-order valence-corrected chi connectivity index (χ3v) is 1.62. The van der Waals surface area contributed by atoms with Crippen LogP contribution in [0.3, 0.4) is 0 Å². The zero-order valence-electron chi connectivity index (χ0n) is 7.08. The molecule has 0 bridgehead atoms. The summed E-state index contributed by atoms with van der Waals surface area (Å²) in [7, 11) is 0. The van der Waals surface area contributed by atoms with Gasteiger partial charge in [-0.05, 0) is 13.1 Å².